The van der Waals surface area contributed by atoms with Crippen LogP contribution >= 0.6 is 23.4 Å². The summed E-state index contributed by atoms with van der Waals surface area (Å²) < 4.78 is 5.32. The Labute approximate surface area is 143 Å². The highest BCUT2D eigenvalue weighted by Gasteiger charge is 2.26. The SMILES string of the molecule is COc1ccc(Cl)cc1-c1nc(S[C@@H](C)C(=O)NC2CC2)n[nH]1. The van der Waals surface area contributed by atoms with E-state index >= 15 is 0 Å². The van der Waals surface area contributed by atoms with Crippen LogP contribution < -0.4 is 10.1 Å². The topological polar surface area (TPSA) is 79.9 Å². The van der Waals surface area contributed by atoms with Crippen molar-refractivity contribution in [3.05, 3.63) is 23.2 Å². The van der Waals surface area contributed by atoms with Crippen LogP contribution in [0.15, 0.2) is 23.4 Å². The van der Waals surface area contributed by atoms with Gasteiger partial charge < -0.3 is 10.1 Å². The van der Waals surface area contributed by atoms with Gasteiger partial charge in [0.05, 0.1) is 17.9 Å². The zero-order valence-electron chi connectivity index (χ0n) is 12.8. The van der Waals surface area contributed by atoms with Gasteiger partial charge in [0.1, 0.15) is 5.75 Å². The Morgan fingerprint density at radius 1 is 1.52 bits per heavy atom. The standard InChI is InChI=1S/C15H17ClN4O2S/c1-8(14(21)17-10-4-5-10)23-15-18-13(19-20-15)11-7-9(16)3-6-12(11)22-2/h3,6-8,10H,4-5H2,1-2H3,(H,17,21)(H,18,19,20)/t8-/m0/s1. The van der Waals surface area contributed by atoms with Crippen molar-refractivity contribution < 1.29 is 9.53 Å². The van der Waals surface area contributed by atoms with E-state index in [9.17, 15) is 4.79 Å². The number of aromatic nitrogens is 3. The lowest BCUT2D eigenvalue weighted by molar-refractivity contribution is -0.120. The molecule has 122 valence electrons. The number of amides is 1. The zero-order valence-corrected chi connectivity index (χ0v) is 14.4. The summed E-state index contributed by atoms with van der Waals surface area (Å²) in [5.74, 6) is 1.23. The van der Waals surface area contributed by atoms with E-state index in [4.69, 9.17) is 16.3 Å². The summed E-state index contributed by atoms with van der Waals surface area (Å²) in [6.07, 6.45) is 2.14. The number of benzene rings is 1. The molecule has 1 saturated carbocycles. The molecule has 2 N–H and O–H groups in total. The Morgan fingerprint density at radius 2 is 2.30 bits per heavy atom. The zero-order chi connectivity index (χ0) is 16.4. The van der Waals surface area contributed by atoms with Crippen LogP contribution in [0.25, 0.3) is 11.4 Å². The van der Waals surface area contributed by atoms with Crippen molar-refractivity contribution in [3.63, 3.8) is 0 Å². The van der Waals surface area contributed by atoms with Gasteiger partial charge in [0.15, 0.2) is 5.82 Å². The normalized spacial score (nSPS) is 15.3. The van der Waals surface area contributed by atoms with Gasteiger partial charge in [0.25, 0.3) is 0 Å². The number of H-pyrrole nitrogens is 1. The summed E-state index contributed by atoms with van der Waals surface area (Å²) >= 11 is 7.35. The fourth-order valence-corrected chi connectivity index (χ4v) is 2.95. The molecule has 0 radical (unpaired) electrons. The van der Waals surface area contributed by atoms with Gasteiger partial charge in [-0.15, -0.1) is 5.10 Å². The Morgan fingerprint density at radius 3 is 3.00 bits per heavy atom. The second kappa shape index (κ2) is 6.80. The summed E-state index contributed by atoms with van der Waals surface area (Å²) in [6.45, 7) is 1.85. The third-order valence-electron chi connectivity index (χ3n) is 3.46. The number of nitrogens with zero attached hydrogens (tertiary/aromatic N) is 2. The molecule has 1 heterocycles. The largest absolute Gasteiger partial charge is 0.496 e. The maximum absolute atomic E-state index is 12.0. The second-order valence-electron chi connectivity index (χ2n) is 5.35. The van der Waals surface area contributed by atoms with Crippen molar-refractivity contribution in [2.45, 2.75) is 36.2 Å². The van der Waals surface area contributed by atoms with E-state index in [1.165, 1.54) is 11.8 Å². The Balaban J connectivity index is 1.72. The van der Waals surface area contributed by atoms with Gasteiger partial charge >= 0.3 is 0 Å². The van der Waals surface area contributed by atoms with Gasteiger partial charge in [-0.25, -0.2) is 4.98 Å². The number of nitrogens with one attached hydrogen (secondary N) is 2. The third-order valence-corrected chi connectivity index (χ3v) is 4.65. The average Bonchev–Trinajstić information content (AvgIpc) is 3.23. The number of methoxy groups -OCH3 is 1. The van der Waals surface area contributed by atoms with Gasteiger partial charge in [0, 0.05) is 11.1 Å². The fourth-order valence-electron chi connectivity index (χ4n) is 2.04. The Kier molecular flexibility index (Phi) is 4.77. The molecule has 1 aromatic heterocycles. The summed E-state index contributed by atoms with van der Waals surface area (Å²) in [4.78, 5) is 16.4. The molecule has 0 saturated heterocycles. The minimum Gasteiger partial charge on any atom is -0.496 e. The first kappa shape index (κ1) is 16.1. The predicted octanol–water partition coefficient (Wildman–Crippen LogP) is 2.89. The maximum atomic E-state index is 12.0. The van der Waals surface area contributed by atoms with Crippen LogP contribution in [-0.2, 0) is 4.79 Å². The number of rotatable bonds is 6. The van der Waals surface area contributed by atoms with Crippen molar-refractivity contribution in [1.29, 1.82) is 0 Å². The van der Waals surface area contributed by atoms with Crippen LogP contribution in [0.5, 0.6) is 5.75 Å². The van der Waals surface area contributed by atoms with Gasteiger partial charge in [-0.3, -0.25) is 9.89 Å². The number of aromatic amines is 1. The van der Waals surface area contributed by atoms with Gasteiger partial charge in [0.2, 0.25) is 11.1 Å². The summed E-state index contributed by atoms with van der Waals surface area (Å²) in [6, 6.07) is 5.64. The van der Waals surface area contributed by atoms with Crippen LogP contribution in [0.4, 0.5) is 0 Å². The number of hydrogen-bond donors (Lipinski definition) is 2. The van der Waals surface area contributed by atoms with Crippen molar-refractivity contribution in [2.24, 2.45) is 0 Å². The number of ether oxygens (including phenoxy) is 1. The van der Waals surface area contributed by atoms with Crippen LogP contribution in [-0.4, -0.2) is 39.5 Å². The number of hydrogen-bond acceptors (Lipinski definition) is 5. The van der Waals surface area contributed by atoms with E-state index in [0.29, 0.717) is 27.8 Å². The molecule has 23 heavy (non-hydrogen) atoms. The highest BCUT2D eigenvalue weighted by atomic mass is 35.5. The lowest BCUT2D eigenvalue weighted by Gasteiger charge is -2.08. The monoisotopic (exact) mass is 352 g/mol. The molecule has 2 aromatic rings. The molecule has 1 fully saturated rings. The first-order valence-electron chi connectivity index (χ1n) is 7.30. The molecular formula is C15H17ClN4O2S. The highest BCUT2D eigenvalue weighted by molar-refractivity contribution is 8.00. The first-order valence-corrected chi connectivity index (χ1v) is 8.56. The molecule has 8 heteroatoms. The predicted molar refractivity (Wildman–Crippen MR) is 89.9 cm³/mol. The van der Waals surface area contributed by atoms with Crippen molar-refractivity contribution in [3.8, 4) is 17.1 Å². The molecule has 0 aliphatic heterocycles. The van der Waals surface area contributed by atoms with E-state index in [-0.39, 0.29) is 11.2 Å². The molecule has 1 aromatic carbocycles. The van der Waals surface area contributed by atoms with E-state index in [1.54, 1.807) is 25.3 Å². The van der Waals surface area contributed by atoms with Crippen molar-refractivity contribution in [2.75, 3.05) is 7.11 Å². The summed E-state index contributed by atoms with van der Waals surface area (Å²) in [5.41, 5.74) is 0.731. The number of carbonyl (C=O) groups is 1. The molecule has 0 unspecified atom stereocenters. The molecule has 6 nitrogen and oxygen atoms in total. The van der Waals surface area contributed by atoms with Crippen LogP contribution in [0.3, 0.4) is 0 Å². The molecule has 3 rings (SSSR count). The minimum atomic E-state index is -0.250. The number of carbonyl (C=O) groups excluding carboxylic acids is 1. The quantitative estimate of drug-likeness (QED) is 0.781. The van der Waals surface area contributed by atoms with E-state index in [2.05, 4.69) is 20.5 Å². The maximum Gasteiger partial charge on any atom is 0.233 e. The molecule has 1 aliphatic carbocycles. The molecule has 0 spiro atoms. The van der Waals surface area contributed by atoms with Gasteiger partial charge in [-0.2, -0.15) is 0 Å². The third kappa shape index (κ3) is 3.97. The molecule has 1 atom stereocenters. The lowest BCUT2D eigenvalue weighted by atomic mass is 10.2. The summed E-state index contributed by atoms with van der Waals surface area (Å²) in [7, 11) is 1.59. The smallest absolute Gasteiger partial charge is 0.233 e. The van der Waals surface area contributed by atoms with Crippen molar-refractivity contribution in [1.82, 2.24) is 20.5 Å². The minimum absolute atomic E-state index is 0.0178. The molecular weight excluding hydrogens is 336 g/mol. The second-order valence-corrected chi connectivity index (χ2v) is 7.10. The van der Waals surface area contributed by atoms with Gasteiger partial charge in [-0.05, 0) is 38.0 Å². The number of thioether (sulfide) groups is 1. The fraction of sp³-hybridized carbons (Fsp3) is 0.400. The van der Waals surface area contributed by atoms with Crippen LogP contribution in [0.1, 0.15) is 19.8 Å². The van der Waals surface area contributed by atoms with Crippen LogP contribution in [0, 0.1) is 0 Å². The lowest BCUT2D eigenvalue weighted by Crippen LogP contribution is -2.32. The molecule has 1 aliphatic rings. The van der Waals surface area contributed by atoms with Gasteiger partial charge in [-0.1, -0.05) is 23.4 Å². The first-order chi connectivity index (χ1) is 11.1. The Hall–Kier alpha value is -1.73. The summed E-state index contributed by atoms with van der Waals surface area (Å²) in [5, 5.41) is 10.9. The number of halogens is 1. The molecule has 1 amide bonds. The van der Waals surface area contributed by atoms with E-state index in [0.717, 1.165) is 18.4 Å². The highest BCUT2D eigenvalue weighted by Crippen LogP contribution is 2.31. The van der Waals surface area contributed by atoms with E-state index < -0.39 is 0 Å². The average molecular weight is 353 g/mol. The molecule has 0 bridgehead atoms. The van der Waals surface area contributed by atoms with E-state index in [1.807, 2.05) is 6.92 Å². The van der Waals surface area contributed by atoms with Crippen molar-refractivity contribution >= 4 is 29.3 Å². The van der Waals surface area contributed by atoms with Crippen LogP contribution in [0.2, 0.25) is 5.02 Å². The Bertz CT molecular complexity index is 717.